The Hall–Kier alpha value is -0.930. The van der Waals surface area contributed by atoms with Crippen LogP contribution in [0.5, 0.6) is 0 Å². The molecule has 1 unspecified atom stereocenters. The molecule has 2 nitrogen and oxygen atoms in total. The highest BCUT2D eigenvalue weighted by molar-refractivity contribution is 5.24. The smallest absolute Gasteiger partial charge is 0.123 e. The molecule has 1 rings (SSSR count). The minimum Gasteiger partial charge on any atom is -0.382 e. The fourth-order valence-corrected chi connectivity index (χ4v) is 1.45. The summed E-state index contributed by atoms with van der Waals surface area (Å²) < 4.78 is 18.0. The van der Waals surface area contributed by atoms with Crippen molar-refractivity contribution in [2.75, 3.05) is 13.7 Å². The third-order valence-electron chi connectivity index (χ3n) is 2.43. The summed E-state index contributed by atoms with van der Waals surface area (Å²) in [7, 11) is 1.59. The van der Waals surface area contributed by atoms with Crippen molar-refractivity contribution >= 4 is 0 Å². The standard InChI is InChI=1S/C11H16FNO/c1-3-11(13,8-14-2)9-5-4-6-10(12)7-9/h4-7H,3,8,13H2,1-2H3. The van der Waals surface area contributed by atoms with E-state index in [1.165, 1.54) is 12.1 Å². The fourth-order valence-electron chi connectivity index (χ4n) is 1.45. The molecule has 2 N–H and O–H groups in total. The topological polar surface area (TPSA) is 35.2 Å². The van der Waals surface area contributed by atoms with Gasteiger partial charge < -0.3 is 10.5 Å². The Kier molecular flexibility index (Phi) is 3.61. The average molecular weight is 197 g/mol. The van der Waals surface area contributed by atoms with Crippen LogP contribution in [0.3, 0.4) is 0 Å². The highest BCUT2D eigenvalue weighted by Crippen LogP contribution is 2.22. The number of nitrogens with two attached hydrogens (primary N) is 1. The van der Waals surface area contributed by atoms with E-state index in [2.05, 4.69) is 0 Å². The van der Waals surface area contributed by atoms with Crippen LogP contribution in [0.25, 0.3) is 0 Å². The lowest BCUT2D eigenvalue weighted by Crippen LogP contribution is -2.40. The van der Waals surface area contributed by atoms with Crippen LogP contribution in [0.2, 0.25) is 0 Å². The molecular weight excluding hydrogens is 181 g/mol. The van der Waals surface area contributed by atoms with E-state index in [9.17, 15) is 4.39 Å². The summed E-state index contributed by atoms with van der Waals surface area (Å²) >= 11 is 0. The molecule has 78 valence electrons. The maximum absolute atomic E-state index is 13.0. The van der Waals surface area contributed by atoms with Crippen molar-refractivity contribution in [3.8, 4) is 0 Å². The zero-order valence-electron chi connectivity index (χ0n) is 8.59. The molecule has 0 saturated heterocycles. The Morgan fingerprint density at radius 1 is 1.50 bits per heavy atom. The molecule has 1 aromatic carbocycles. The molecule has 0 aliphatic rings. The molecule has 3 heteroatoms. The summed E-state index contributed by atoms with van der Waals surface area (Å²) in [5, 5.41) is 0. The molecule has 0 bridgehead atoms. The van der Waals surface area contributed by atoms with E-state index in [4.69, 9.17) is 10.5 Å². The van der Waals surface area contributed by atoms with E-state index in [-0.39, 0.29) is 5.82 Å². The van der Waals surface area contributed by atoms with Gasteiger partial charge >= 0.3 is 0 Å². The minimum atomic E-state index is -0.586. The van der Waals surface area contributed by atoms with Crippen LogP contribution in [-0.4, -0.2) is 13.7 Å². The Bertz CT molecular complexity index is 303. The molecule has 0 aliphatic heterocycles. The van der Waals surface area contributed by atoms with Crippen molar-refractivity contribution < 1.29 is 9.13 Å². The highest BCUT2D eigenvalue weighted by atomic mass is 19.1. The zero-order valence-corrected chi connectivity index (χ0v) is 8.59. The lowest BCUT2D eigenvalue weighted by Gasteiger charge is -2.27. The second kappa shape index (κ2) is 4.53. The van der Waals surface area contributed by atoms with Crippen LogP contribution in [0.15, 0.2) is 24.3 Å². The molecule has 0 aliphatic carbocycles. The number of hydrogen-bond donors (Lipinski definition) is 1. The molecule has 1 atom stereocenters. The normalized spacial score (nSPS) is 15.1. The second-order valence-electron chi connectivity index (χ2n) is 3.45. The fraction of sp³-hybridized carbons (Fsp3) is 0.455. The third kappa shape index (κ3) is 2.30. The second-order valence-corrected chi connectivity index (χ2v) is 3.45. The molecule has 0 spiro atoms. The Morgan fingerprint density at radius 2 is 2.21 bits per heavy atom. The molecule has 0 fully saturated rings. The number of ether oxygens (including phenoxy) is 1. The van der Waals surface area contributed by atoms with Gasteiger partial charge in [0.05, 0.1) is 12.1 Å². The van der Waals surface area contributed by atoms with Crippen LogP contribution in [0.4, 0.5) is 4.39 Å². The van der Waals surface area contributed by atoms with Gasteiger partial charge in [0.15, 0.2) is 0 Å². The van der Waals surface area contributed by atoms with Crippen molar-refractivity contribution in [1.82, 2.24) is 0 Å². The molecule has 0 saturated carbocycles. The van der Waals surface area contributed by atoms with Gasteiger partial charge in [-0.25, -0.2) is 4.39 Å². The predicted octanol–water partition coefficient (Wildman–Crippen LogP) is 2.04. The molecule has 0 aromatic heterocycles. The van der Waals surface area contributed by atoms with Gasteiger partial charge in [-0.1, -0.05) is 19.1 Å². The lowest BCUT2D eigenvalue weighted by molar-refractivity contribution is 0.129. The number of halogens is 1. The predicted molar refractivity (Wildman–Crippen MR) is 54.4 cm³/mol. The molecule has 0 amide bonds. The number of benzene rings is 1. The Balaban J connectivity index is 2.99. The number of methoxy groups -OCH3 is 1. The van der Waals surface area contributed by atoms with E-state index in [0.717, 1.165) is 5.56 Å². The first-order valence-corrected chi connectivity index (χ1v) is 4.66. The average Bonchev–Trinajstić information content (AvgIpc) is 2.18. The summed E-state index contributed by atoms with van der Waals surface area (Å²) in [6, 6.07) is 6.36. The minimum absolute atomic E-state index is 0.262. The highest BCUT2D eigenvalue weighted by Gasteiger charge is 2.25. The molecule has 1 aromatic rings. The third-order valence-corrected chi connectivity index (χ3v) is 2.43. The number of rotatable bonds is 4. The van der Waals surface area contributed by atoms with Crippen LogP contribution in [-0.2, 0) is 10.3 Å². The summed E-state index contributed by atoms with van der Waals surface area (Å²) in [6.07, 6.45) is 0.713. The summed E-state index contributed by atoms with van der Waals surface area (Å²) in [4.78, 5) is 0. The van der Waals surface area contributed by atoms with Gasteiger partial charge in [0, 0.05) is 7.11 Å². The van der Waals surface area contributed by atoms with Crippen molar-refractivity contribution in [2.24, 2.45) is 5.73 Å². The van der Waals surface area contributed by atoms with E-state index in [0.29, 0.717) is 13.0 Å². The summed E-state index contributed by atoms with van der Waals surface area (Å²) in [6.45, 7) is 2.36. The first kappa shape index (κ1) is 11.1. The van der Waals surface area contributed by atoms with Gasteiger partial charge in [-0.3, -0.25) is 0 Å². The van der Waals surface area contributed by atoms with Crippen molar-refractivity contribution in [1.29, 1.82) is 0 Å². The monoisotopic (exact) mass is 197 g/mol. The SMILES string of the molecule is CCC(N)(COC)c1cccc(F)c1. The lowest BCUT2D eigenvalue weighted by atomic mass is 9.89. The van der Waals surface area contributed by atoms with Crippen LogP contribution >= 0.6 is 0 Å². The summed E-state index contributed by atoms with van der Waals surface area (Å²) in [5.41, 5.74) is 6.30. The molecule has 14 heavy (non-hydrogen) atoms. The van der Waals surface area contributed by atoms with Gasteiger partial charge in [-0.2, -0.15) is 0 Å². The number of hydrogen-bond acceptors (Lipinski definition) is 2. The van der Waals surface area contributed by atoms with E-state index >= 15 is 0 Å². The molecule has 0 radical (unpaired) electrons. The largest absolute Gasteiger partial charge is 0.382 e. The van der Waals surface area contributed by atoms with Gasteiger partial charge in [-0.15, -0.1) is 0 Å². The van der Waals surface area contributed by atoms with Crippen molar-refractivity contribution in [3.63, 3.8) is 0 Å². The zero-order chi connectivity index (χ0) is 10.6. The maximum Gasteiger partial charge on any atom is 0.123 e. The van der Waals surface area contributed by atoms with Crippen LogP contribution in [0, 0.1) is 5.82 Å². The van der Waals surface area contributed by atoms with E-state index in [1.54, 1.807) is 13.2 Å². The van der Waals surface area contributed by atoms with Crippen LogP contribution in [0.1, 0.15) is 18.9 Å². The van der Waals surface area contributed by atoms with Gasteiger partial charge in [0.25, 0.3) is 0 Å². The van der Waals surface area contributed by atoms with Crippen molar-refractivity contribution in [3.05, 3.63) is 35.6 Å². The van der Waals surface area contributed by atoms with E-state index in [1.807, 2.05) is 13.0 Å². The van der Waals surface area contributed by atoms with Crippen molar-refractivity contribution in [2.45, 2.75) is 18.9 Å². The quantitative estimate of drug-likeness (QED) is 0.801. The Labute approximate surface area is 83.9 Å². The van der Waals surface area contributed by atoms with Gasteiger partial charge in [0.2, 0.25) is 0 Å². The first-order valence-electron chi connectivity index (χ1n) is 4.66. The van der Waals surface area contributed by atoms with Crippen LogP contribution < -0.4 is 5.73 Å². The molecule has 0 heterocycles. The molecular formula is C11H16FNO. The van der Waals surface area contributed by atoms with Gasteiger partial charge in [0.1, 0.15) is 5.82 Å². The first-order chi connectivity index (χ1) is 6.62. The van der Waals surface area contributed by atoms with E-state index < -0.39 is 5.54 Å². The maximum atomic E-state index is 13.0. The van der Waals surface area contributed by atoms with Gasteiger partial charge in [-0.05, 0) is 24.1 Å². The Morgan fingerprint density at radius 3 is 2.71 bits per heavy atom. The summed E-state index contributed by atoms with van der Waals surface area (Å²) in [5.74, 6) is -0.262.